The summed E-state index contributed by atoms with van der Waals surface area (Å²) >= 11 is 0. The van der Waals surface area contributed by atoms with Crippen LogP contribution in [0, 0.1) is 0 Å². The molecule has 0 saturated heterocycles. The van der Waals surface area contributed by atoms with Crippen molar-refractivity contribution in [3.8, 4) is 45.5 Å². The van der Waals surface area contributed by atoms with E-state index in [0.29, 0.717) is 22.6 Å². The second-order valence-electron chi connectivity index (χ2n) is 7.18. The molecule has 3 heterocycles. The molecule has 30 heavy (non-hydrogen) atoms. The molecule has 5 aromatic rings. The monoisotopic (exact) mass is 403 g/mol. The van der Waals surface area contributed by atoms with Gasteiger partial charge in [0.1, 0.15) is 11.5 Å². The van der Waals surface area contributed by atoms with Gasteiger partial charge in [-0.15, -0.1) is 0 Å². The number of H-pyrrole nitrogens is 2. The number of aromatic amines is 2. The molecule has 5 rings (SSSR count). The van der Waals surface area contributed by atoms with Crippen molar-refractivity contribution < 1.29 is 19.7 Å². The van der Waals surface area contributed by atoms with Crippen LogP contribution in [0.15, 0.2) is 48.8 Å². The Morgan fingerprint density at radius 2 is 1.17 bits per heavy atom. The van der Waals surface area contributed by atoms with Gasteiger partial charge in [-0.3, -0.25) is 4.57 Å². The van der Waals surface area contributed by atoms with Crippen LogP contribution in [0.3, 0.4) is 0 Å². The molecule has 0 aliphatic carbocycles. The van der Waals surface area contributed by atoms with Gasteiger partial charge in [0, 0.05) is 52.4 Å². The molecule has 0 saturated carbocycles. The molecule has 0 fully saturated rings. The average molecular weight is 403 g/mol. The lowest BCUT2D eigenvalue weighted by molar-refractivity contribution is 0.388. The lowest BCUT2D eigenvalue weighted by atomic mass is 9.97. The normalized spacial score (nSPS) is 11.4. The molecular weight excluding hydrogens is 382 g/mol. The number of fused-ring (bicyclic) bond motifs is 2. The Hall–Kier alpha value is -4.00. The number of methoxy groups -OCH3 is 2. The van der Waals surface area contributed by atoms with Crippen molar-refractivity contribution in [1.82, 2.24) is 14.5 Å². The molecular formula is C23H21N3O4. The van der Waals surface area contributed by atoms with E-state index in [1.807, 2.05) is 48.8 Å². The van der Waals surface area contributed by atoms with Gasteiger partial charge in [0.25, 0.3) is 0 Å². The molecule has 7 heteroatoms. The summed E-state index contributed by atoms with van der Waals surface area (Å²) in [5, 5.41) is 23.7. The zero-order chi connectivity index (χ0) is 21.0. The topological polar surface area (TPSA) is 95.4 Å². The number of rotatable bonds is 4. The van der Waals surface area contributed by atoms with Crippen LogP contribution in [0.25, 0.3) is 44.1 Å². The minimum absolute atomic E-state index is 0.0246. The van der Waals surface area contributed by atoms with Crippen molar-refractivity contribution in [2.75, 3.05) is 14.2 Å². The summed E-state index contributed by atoms with van der Waals surface area (Å²) in [6.07, 6.45) is 3.66. The lowest BCUT2D eigenvalue weighted by Crippen LogP contribution is -1.85. The summed E-state index contributed by atoms with van der Waals surface area (Å²) in [5.41, 5.74) is 4.42. The van der Waals surface area contributed by atoms with Gasteiger partial charge < -0.3 is 29.7 Å². The summed E-state index contributed by atoms with van der Waals surface area (Å²) < 4.78 is 12.1. The van der Waals surface area contributed by atoms with Crippen LogP contribution in [0.5, 0.6) is 23.3 Å². The van der Waals surface area contributed by atoms with E-state index in [1.54, 1.807) is 21.3 Å². The smallest absolute Gasteiger partial charge is 0.202 e. The van der Waals surface area contributed by atoms with Crippen molar-refractivity contribution in [2.45, 2.75) is 0 Å². The standard InChI is InChI=1S/C23H21N3O4/c1-26-22(27)20(16-10-24-18-6-4-12(29-2)8-14(16)18)21(23(26)28)17-11-25-19-7-5-13(30-3)9-15(17)19/h4-11,24-25,27-28H,1-3H3. The third-order valence-electron chi connectivity index (χ3n) is 5.65. The van der Waals surface area contributed by atoms with Gasteiger partial charge in [-0.1, -0.05) is 0 Å². The summed E-state index contributed by atoms with van der Waals surface area (Å²) in [5.74, 6) is 1.37. The third kappa shape index (κ3) is 2.45. The number of ether oxygens (including phenoxy) is 2. The van der Waals surface area contributed by atoms with E-state index in [1.165, 1.54) is 4.57 Å². The van der Waals surface area contributed by atoms with Crippen LogP contribution in [-0.4, -0.2) is 39.0 Å². The van der Waals surface area contributed by atoms with E-state index in [4.69, 9.17) is 9.47 Å². The molecule has 0 atom stereocenters. The first-order chi connectivity index (χ1) is 14.5. The van der Waals surface area contributed by atoms with Gasteiger partial charge in [-0.2, -0.15) is 0 Å². The second-order valence-corrected chi connectivity index (χ2v) is 7.18. The zero-order valence-corrected chi connectivity index (χ0v) is 16.8. The molecule has 152 valence electrons. The fourth-order valence-electron chi connectivity index (χ4n) is 4.04. The average Bonchev–Trinajstić information content (AvgIpc) is 3.43. The molecule has 0 unspecified atom stereocenters. The SMILES string of the molecule is COc1ccc2[nH]cc(-c3c(-c4c[nH]c5ccc(OC)cc45)c(O)n(C)c3O)c2c1. The Morgan fingerprint density at radius 1 is 0.733 bits per heavy atom. The maximum atomic E-state index is 11.0. The molecule has 4 N–H and O–H groups in total. The summed E-state index contributed by atoms with van der Waals surface area (Å²) in [6.45, 7) is 0. The quantitative estimate of drug-likeness (QED) is 0.348. The first kappa shape index (κ1) is 18.1. The molecule has 2 aromatic carbocycles. The number of hydrogen-bond acceptors (Lipinski definition) is 4. The van der Waals surface area contributed by atoms with E-state index in [9.17, 15) is 10.2 Å². The molecule has 0 bridgehead atoms. The van der Waals surface area contributed by atoms with E-state index in [2.05, 4.69) is 9.97 Å². The highest BCUT2D eigenvalue weighted by Crippen LogP contribution is 2.50. The fourth-order valence-corrected chi connectivity index (χ4v) is 4.04. The minimum atomic E-state index is -0.0246. The van der Waals surface area contributed by atoms with Gasteiger partial charge >= 0.3 is 0 Å². The third-order valence-corrected chi connectivity index (χ3v) is 5.65. The largest absolute Gasteiger partial charge is 0.497 e. The molecule has 0 spiro atoms. The Balaban J connectivity index is 1.84. The predicted molar refractivity (Wildman–Crippen MR) is 116 cm³/mol. The number of nitrogens with one attached hydrogen (secondary N) is 2. The Kier molecular flexibility index (Phi) is 3.92. The second kappa shape index (κ2) is 6.52. The van der Waals surface area contributed by atoms with Crippen molar-refractivity contribution in [3.63, 3.8) is 0 Å². The molecule has 7 nitrogen and oxygen atoms in total. The number of aromatic nitrogens is 3. The molecule has 0 aliphatic heterocycles. The van der Waals surface area contributed by atoms with Crippen LogP contribution in [0.4, 0.5) is 0 Å². The number of aromatic hydroxyl groups is 2. The van der Waals surface area contributed by atoms with E-state index < -0.39 is 0 Å². The van der Waals surface area contributed by atoms with Crippen molar-refractivity contribution in [1.29, 1.82) is 0 Å². The van der Waals surface area contributed by atoms with E-state index in [-0.39, 0.29) is 11.8 Å². The zero-order valence-electron chi connectivity index (χ0n) is 16.8. The van der Waals surface area contributed by atoms with Crippen molar-refractivity contribution in [3.05, 3.63) is 48.8 Å². The van der Waals surface area contributed by atoms with Crippen molar-refractivity contribution >= 4 is 21.8 Å². The summed E-state index contributed by atoms with van der Waals surface area (Å²) in [4.78, 5) is 6.47. The van der Waals surface area contributed by atoms with Gasteiger partial charge in [-0.25, -0.2) is 0 Å². The Labute approximate surface area is 172 Å². The van der Waals surface area contributed by atoms with Crippen LogP contribution < -0.4 is 9.47 Å². The fraction of sp³-hybridized carbons (Fsp3) is 0.130. The number of benzene rings is 2. The summed E-state index contributed by atoms with van der Waals surface area (Å²) in [7, 11) is 4.86. The maximum absolute atomic E-state index is 11.0. The van der Waals surface area contributed by atoms with Crippen LogP contribution in [0.1, 0.15) is 0 Å². The van der Waals surface area contributed by atoms with Crippen LogP contribution in [0.2, 0.25) is 0 Å². The summed E-state index contributed by atoms with van der Waals surface area (Å²) in [6, 6.07) is 11.4. The Bertz CT molecular complexity index is 1300. The van der Waals surface area contributed by atoms with Gasteiger partial charge in [0.05, 0.1) is 25.3 Å². The minimum Gasteiger partial charge on any atom is -0.497 e. The number of nitrogens with zero attached hydrogens (tertiary/aromatic N) is 1. The molecule has 3 aromatic heterocycles. The molecule has 0 aliphatic rings. The molecule has 0 radical (unpaired) electrons. The highest BCUT2D eigenvalue weighted by Gasteiger charge is 2.27. The Morgan fingerprint density at radius 3 is 1.57 bits per heavy atom. The highest BCUT2D eigenvalue weighted by atomic mass is 16.5. The van der Waals surface area contributed by atoms with Crippen LogP contribution >= 0.6 is 0 Å². The lowest BCUT2D eigenvalue weighted by Gasteiger charge is -2.06. The predicted octanol–water partition coefficient (Wildman–Crippen LogP) is 4.75. The van der Waals surface area contributed by atoms with Gasteiger partial charge in [-0.05, 0) is 36.4 Å². The van der Waals surface area contributed by atoms with Gasteiger partial charge in [0.2, 0.25) is 11.8 Å². The molecule has 0 amide bonds. The van der Waals surface area contributed by atoms with Crippen molar-refractivity contribution in [2.24, 2.45) is 7.05 Å². The van der Waals surface area contributed by atoms with Crippen LogP contribution in [-0.2, 0) is 7.05 Å². The van der Waals surface area contributed by atoms with E-state index in [0.717, 1.165) is 32.9 Å². The number of hydrogen-bond donors (Lipinski definition) is 4. The van der Waals surface area contributed by atoms with Gasteiger partial charge in [0.15, 0.2) is 0 Å². The highest BCUT2D eigenvalue weighted by molar-refractivity contribution is 6.08. The van der Waals surface area contributed by atoms with E-state index >= 15 is 0 Å². The maximum Gasteiger partial charge on any atom is 0.202 e. The first-order valence-corrected chi connectivity index (χ1v) is 9.45. The first-order valence-electron chi connectivity index (χ1n) is 9.45.